The number of nitrogens with two attached hydrogens (primary N) is 1. The topological polar surface area (TPSA) is 85.6 Å². The zero-order chi connectivity index (χ0) is 14.3. The van der Waals surface area contributed by atoms with Crippen molar-refractivity contribution in [2.24, 2.45) is 5.73 Å². The van der Waals surface area contributed by atoms with Crippen molar-refractivity contribution in [2.75, 3.05) is 26.1 Å². The molecule has 0 bridgehead atoms. The summed E-state index contributed by atoms with van der Waals surface area (Å²) < 4.78 is 10.2. The van der Waals surface area contributed by atoms with Crippen LogP contribution in [0.25, 0.3) is 0 Å². The average molecular weight is 267 g/mol. The van der Waals surface area contributed by atoms with E-state index in [9.17, 15) is 4.79 Å². The van der Waals surface area contributed by atoms with Crippen LogP contribution in [0.1, 0.15) is 18.5 Å². The summed E-state index contributed by atoms with van der Waals surface area (Å²) in [6.07, 6.45) is -0.266. The molecule has 0 aliphatic rings. The van der Waals surface area contributed by atoms with E-state index in [0.29, 0.717) is 12.2 Å². The van der Waals surface area contributed by atoms with Gasteiger partial charge < -0.3 is 25.8 Å². The van der Waals surface area contributed by atoms with Crippen molar-refractivity contribution in [2.45, 2.75) is 19.3 Å². The Bertz CT molecular complexity index is 391. The molecule has 6 heteroatoms. The predicted molar refractivity (Wildman–Crippen MR) is 73.9 cm³/mol. The van der Waals surface area contributed by atoms with Crippen molar-refractivity contribution in [3.8, 4) is 0 Å². The largest absolute Gasteiger partial charge is 0.355 e. The summed E-state index contributed by atoms with van der Waals surface area (Å²) >= 11 is 0. The molecule has 4 N–H and O–H groups in total. The molecule has 0 aliphatic carbocycles. The molecular formula is C13H21N3O3. The molecule has 0 saturated carbocycles. The maximum Gasteiger partial charge on any atom is 0.316 e. The maximum atomic E-state index is 10.7. The second kappa shape index (κ2) is 7.73. The Balaban J connectivity index is 2.52. The molecule has 0 radical (unpaired) electrons. The lowest BCUT2D eigenvalue weighted by molar-refractivity contribution is -0.0997. The highest BCUT2D eigenvalue weighted by atomic mass is 16.7. The van der Waals surface area contributed by atoms with E-state index >= 15 is 0 Å². The first-order valence-electron chi connectivity index (χ1n) is 6.02. The van der Waals surface area contributed by atoms with Crippen LogP contribution in [0, 0.1) is 0 Å². The van der Waals surface area contributed by atoms with E-state index in [1.807, 2.05) is 31.2 Å². The average Bonchev–Trinajstić information content (AvgIpc) is 2.39. The van der Waals surface area contributed by atoms with E-state index < -0.39 is 6.03 Å². The molecule has 1 unspecified atom stereocenters. The van der Waals surface area contributed by atoms with Crippen LogP contribution in [0.15, 0.2) is 24.3 Å². The van der Waals surface area contributed by atoms with Gasteiger partial charge in [0.25, 0.3) is 0 Å². The number of urea groups is 1. The van der Waals surface area contributed by atoms with Crippen molar-refractivity contribution >= 4 is 11.7 Å². The minimum absolute atomic E-state index is 0.149. The standard InChI is InChI=1S/C13H21N3O3/c1-9(15-8-12(18-2)19-3)10-4-6-11(7-5-10)16-13(14)17/h4-7,9,12,15H,8H2,1-3H3,(H3,14,16,17). The van der Waals surface area contributed by atoms with Crippen molar-refractivity contribution in [3.63, 3.8) is 0 Å². The number of ether oxygens (including phenoxy) is 2. The molecule has 0 heterocycles. The number of methoxy groups -OCH3 is 2. The molecule has 1 atom stereocenters. The first-order valence-corrected chi connectivity index (χ1v) is 6.02. The van der Waals surface area contributed by atoms with Crippen LogP contribution in [-0.2, 0) is 9.47 Å². The Morgan fingerprint density at radius 2 is 1.84 bits per heavy atom. The summed E-state index contributed by atoms with van der Waals surface area (Å²) in [5, 5.41) is 5.82. The summed E-state index contributed by atoms with van der Waals surface area (Å²) in [7, 11) is 3.20. The van der Waals surface area contributed by atoms with E-state index in [2.05, 4.69) is 10.6 Å². The fourth-order valence-electron chi connectivity index (χ4n) is 1.65. The number of rotatable bonds is 7. The van der Waals surface area contributed by atoms with E-state index in [4.69, 9.17) is 15.2 Å². The second-order valence-electron chi connectivity index (χ2n) is 4.14. The number of nitrogens with one attached hydrogen (secondary N) is 2. The third-order valence-electron chi connectivity index (χ3n) is 2.79. The van der Waals surface area contributed by atoms with Gasteiger partial charge in [-0.3, -0.25) is 0 Å². The highest BCUT2D eigenvalue weighted by molar-refractivity contribution is 5.87. The summed E-state index contributed by atoms with van der Waals surface area (Å²) in [6.45, 7) is 2.63. The minimum Gasteiger partial charge on any atom is -0.355 e. The number of hydrogen-bond acceptors (Lipinski definition) is 4. The Morgan fingerprint density at radius 1 is 1.26 bits per heavy atom. The molecule has 1 aromatic rings. The number of anilines is 1. The van der Waals surface area contributed by atoms with Gasteiger partial charge in [-0.1, -0.05) is 12.1 Å². The Kier molecular flexibility index (Phi) is 6.27. The lowest BCUT2D eigenvalue weighted by Crippen LogP contribution is -2.31. The van der Waals surface area contributed by atoms with Crippen molar-refractivity contribution < 1.29 is 14.3 Å². The summed E-state index contributed by atoms with van der Waals surface area (Å²) in [5.74, 6) is 0. The van der Waals surface area contributed by atoms with Crippen molar-refractivity contribution in [1.82, 2.24) is 5.32 Å². The van der Waals surface area contributed by atoms with Gasteiger partial charge in [0.1, 0.15) is 0 Å². The highest BCUT2D eigenvalue weighted by Crippen LogP contribution is 2.16. The summed E-state index contributed by atoms with van der Waals surface area (Å²) in [4.78, 5) is 10.7. The Labute approximate surface area is 113 Å². The van der Waals surface area contributed by atoms with Crippen LogP contribution >= 0.6 is 0 Å². The van der Waals surface area contributed by atoms with Gasteiger partial charge in [-0.15, -0.1) is 0 Å². The molecule has 0 aromatic heterocycles. The lowest BCUT2D eigenvalue weighted by Gasteiger charge is -2.19. The number of amides is 2. The van der Waals surface area contributed by atoms with Gasteiger partial charge in [-0.25, -0.2) is 4.79 Å². The Hall–Kier alpha value is -1.63. The molecule has 0 fully saturated rings. The number of carbonyl (C=O) groups is 1. The van der Waals surface area contributed by atoms with E-state index in [1.165, 1.54) is 0 Å². The summed E-state index contributed by atoms with van der Waals surface area (Å²) in [5.41, 5.74) is 6.82. The van der Waals surface area contributed by atoms with Gasteiger partial charge in [0.2, 0.25) is 0 Å². The number of carbonyl (C=O) groups excluding carboxylic acids is 1. The van der Waals surface area contributed by atoms with Gasteiger partial charge in [0.05, 0.1) is 0 Å². The Morgan fingerprint density at radius 3 is 2.32 bits per heavy atom. The van der Waals surface area contributed by atoms with Gasteiger partial charge in [0.15, 0.2) is 6.29 Å². The van der Waals surface area contributed by atoms with Crippen molar-refractivity contribution in [3.05, 3.63) is 29.8 Å². The maximum absolute atomic E-state index is 10.7. The molecular weight excluding hydrogens is 246 g/mol. The van der Waals surface area contributed by atoms with Crippen LogP contribution in [0.4, 0.5) is 10.5 Å². The van der Waals surface area contributed by atoms with Gasteiger partial charge in [-0.05, 0) is 24.6 Å². The van der Waals surface area contributed by atoms with Gasteiger partial charge in [0, 0.05) is 32.5 Å². The first-order chi connectivity index (χ1) is 9.06. The number of benzene rings is 1. The first kappa shape index (κ1) is 15.4. The lowest BCUT2D eigenvalue weighted by atomic mass is 10.1. The third-order valence-corrected chi connectivity index (χ3v) is 2.79. The molecule has 0 saturated heterocycles. The van der Waals surface area contributed by atoms with E-state index in [0.717, 1.165) is 5.56 Å². The number of hydrogen-bond donors (Lipinski definition) is 3. The molecule has 2 amide bonds. The molecule has 1 aromatic carbocycles. The van der Waals surface area contributed by atoms with Crippen LogP contribution in [0.5, 0.6) is 0 Å². The van der Waals surface area contributed by atoms with Crippen LogP contribution < -0.4 is 16.4 Å². The fraction of sp³-hybridized carbons (Fsp3) is 0.462. The predicted octanol–water partition coefficient (Wildman–Crippen LogP) is 1.45. The monoisotopic (exact) mass is 267 g/mol. The zero-order valence-electron chi connectivity index (χ0n) is 11.5. The SMILES string of the molecule is COC(CNC(C)c1ccc(NC(N)=O)cc1)OC. The van der Waals surface area contributed by atoms with Crippen LogP contribution in [0.2, 0.25) is 0 Å². The van der Waals surface area contributed by atoms with E-state index in [-0.39, 0.29) is 12.3 Å². The van der Waals surface area contributed by atoms with Crippen LogP contribution in [-0.4, -0.2) is 33.1 Å². The zero-order valence-corrected chi connectivity index (χ0v) is 11.5. The third kappa shape index (κ3) is 5.25. The van der Waals surface area contributed by atoms with Crippen LogP contribution in [0.3, 0.4) is 0 Å². The molecule has 0 spiro atoms. The molecule has 106 valence electrons. The van der Waals surface area contributed by atoms with E-state index in [1.54, 1.807) is 14.2 Å². The molecule has 6 nitrogen and oxygen atoms in total. The minimum atomic E-state index is -0.568. The van der Waals surface area contributed by atoms with Gasteiger partial charge in [-0.2, -0.15) is 0 Å². The molecule has 1 rings (SSSR count). The normalized spacial score (nSPS) is 12.4. The number of primary amides is 1. The molecule has 0 aliphatic heterocycles. The summed E-state index contributed by atoms with van der Waals surface area (Å²) in [6, 6.07) is 7.05. The van der Waals surface area contributed by atoms with Crippen molar-refractivity contribution in [1.29, 1.82) is 0 Å². The fourth-order valence-corrected chi connectivity index (χ4v) is 1.65. The smallest absolute Gasteiger partial charge is 0.316 e. The van der Waals surface area contributed by atoms with Gasteiger partial charge >= 0.3 is 6.03 Å². The molecule has 19 heavy (non-hydrogen) atoms. The second-order valence-corrected chi connectivity index (χ2v) is 4.14. The highest BCUT2D eigenvalue weighted by Gasteiger charge is 2.09. The quantitative estimate of drug-likeness (QED) is 0.653.